The van der Waals surface area contributed by atoms with E-state index in [9.17, 15) is 0 Å². The van der Waals surface area contributed by atoms with Crippen LogP contribution in [-0.2, 0) is 8.85 Å². The third kappa shape index (κ3) is 4.85. The average molecular weight is 299 g/mol. The maximum absolute atomic E-state index is 6.43. The Bertz CT molecular complexity index is 260. The van der Waals surface area contributed by atoms with Crippen LogP contribution in [0.3, 0.4) is 0 Å². The average Bonchev–Trinajstić information content (AvgIpc) is 2.49. The first-order valence-electron chi connectivity index (χ1n) is 9.02. The molecule has 0 amide bonds. The molecule has 0 radical (unpaired) electrons. The first kappa shape index (κ1) is 16.5. The Morgan fingerprint density at radius 3 is 2.05 bits per heavy atom. The Morgan fingerprint density at radius 1 is 0.850 bits per heavy atom. The van der Waals surface area contributed by atoms with E-state index in [1.165, 1.54) is 70.6 Å². The van der Waals surface area contributed by atoms with Gasteiger partial charge in [0.15, 0.2) is 0 Å². The minimum atomic E-state index is -1.93. The molecule has 0 saturated heterocycles. The summed E-state index contributed by atoms with van der Waals surface area (Å²) in [6, 6.07) is 0. The normalized spacial score (nSPS) is 25.5. The quantitative estimate of drug-likeness (QED) is 0.585. The van der Waals surface area contributed by atoms with Gasteiger partial charge in [0.25, 0.3) is 0 Å². The Morgan fingerprint density at radius 2 is 1.45 bits per heavy atom. The molecule has 2 rings (SSSR count). The Balaban J connectivity index is 1.77. The Labute approximate surface area is 126 Å². The Hall–Kier alpha value is 0.137. The van der Waals surface area contributed by atoms with Crippen molar-refractivity contribution < 1.29 is 8.85 Å². The lowest BCUT2D eigenvalue weighted by Gasteiger charge is -2.37. The summed E-state index contributed by atoms with van der Waals surface area (Å²) in [6.07, 6.45) is 15.3. The zero-order chi connectivity index (χ0) is 14.3. The predicted octanol–water partition coefficient (Wildman–Crippen LogP) is 5.42. The smallest absolute Gasteiger partial charge is 0.338 e. The van der Waals surface area contributed by atoms with Crippen molar-refractivity contribution in [3.05, 3.63) is 0 Å². The van der Waals surface area contributed by atoms with E-state index < -0.39 is 8.56 Å². The minimum absolute atomic E-state index is 0.738. The maximum atomic E-state index is 6.43. The highest BCUT2D eigenvalue weighted by Gasteiger charge is 2.41. The standard InChI is InChI=1S/C17H34O2Si/c1-3-18-20(2,17-12-8-5-9-13-17)19-15-14-16-10-6-4-7-11-16/h16-17H,3-15H2,1-2H3. The van der Waals surface area contributed by atoms with Crippen LogP contribution in [0.4, 0.5) is 0 Å². The lowest BCUT2D eigenvalue weighted by atomic mass is 9.87. The highest BCUT2D eigenvalue weighted by molar-refractivity contribution is 6.67. The fourth-order valence-electron chi connectivity index (χ4n) is 4.09. The molecule has 0 N–H and O–H groups in total. The van der Waals surface area contributed by atoms with Gasteiger partial charge in [0.05, 0.1) is 0 Å². The van der Waals surface area contributed by atoms with Crippen molar-refractivity contribution in [3.63, 3.8) is 0 Å². The van der Waals surface area contributed by atoms with Gasteiger partial charge in [0, 0.05) is 18.8 Å². The fourth-order valence-corrected chi connectivity index (χ4v) is 7.20. The van der Waals surface area contributed by atoms with Gasteiger partial charge in [0.2, 0.25) is 0 Å². The van der Waals surface area contributed by atoms with Crippen molar-refractivity contribution in [2.24, 2.45) is 5.92 Å². The van der Waals surface area contributed by atoms with E-state index in [2.05, 4.69) is 13.5 Å². The topological polar surface area (TPSA) is 18.5 Å². The highest BCUT2D eigenvalue weighted by Crippen LogP contribution is 2.38. The molecule has 0 aromatic carbocycles. The summed E-state index contributed by atoms with van der Waals surface area (Å²) < 4.78 is 12.6. The summed E-state index contributed by atoms with van der Waals surface area (Å²) in [5.41, 5.74) is 0.738. The van der Waals surface area contributed by atoms with Gasteiger partial charge in [-0.1, -0.05) is 51.4 Å². The van der Waals surface area contributed by atoms with Gasteiger partial charge < -0.3 is 8.85 Å². The lowest BCUT2D eigenvalue weighted by molar-refractivity contribution is 0.148. The lowest BCUT2D eigenvalue weighted by Crippen LogP contribution is -2.45. The molecule has 3 heteroatoms. The summed E-state index contributed by atoms with van der Waals surface area (Å²) in [6.45, 7) is 6.22. The van der Waals surface area contributed by atoms with E-state index in [-0.39, 0.29) is 0 Å². The SMILES string of the molecule is CCO[Si](C)(OCCC1CCCCC1)C1CCCCC1. The summed E-state index contributed by atoms with van der Waals surface area (Å²) in [7, 11) is -1.93. The molecule has 2 fully saturated rings. The van der Waals surface area contributed by atoms with Gasteiger partial charge in [-0.25, -0.2) is 0 Å². The van der Waals surface area contributed by atoms with Gasteiger partial charge in [-0.05, 0) is 38.7 Å². The fraction of sp³-hybridized carbons (Fsp3) is 1.00. The molecule has 2 nitrogen and oxygen atoms in total. The molecule has 1 atom stereocenters. The summed E-state index contributed by atoms with van der Waals surface area (Å²) >= 11 is 0. The van der Waals surface area contributed by atoms with Crippen LogP contribution in [0.2, 0.25) is 12.1 Å². The molecular formula is C17H34O2Si. The van der Waals surface area contributed by atoms with Gasteiger partial charge in [-0.3, -0.25) is 0 Å². The zero-order valence-corrected chi connectivity index (χ0v) is 14.7. The van der Waals surface area contributed by atoms with Crippen molar-refractivity contribution in [2.45, 2.75) is 89.6 Å². The summed E-state index contributed by atoms with van der Waals surface area (Å²) in [5.74, 6) is 0.926. The third-order valence-corrected chi connectivity index (χ3v) is 9.12. The number of hydrogen-bond acceptors (Lipinski definition) is 2. The maximum Gasteiger partial charge on any atom is 0.338 e. The minimum Gasteiger partial charge on any atom is -0.394 e. The van der Waals surface area contributed by atoms with Crippen LogP contribution >= 0.6 is 0 Å². The monoisotopic (exact) mass is 298 g/mol. The summed E-state index contributed by atoms with van der Waals surface area (Å²) in [5, 5.41) is 0. The van der Waals surface area contributed by atoms with E-state index in [1.54, 1.807) is 0 Å². The van der Waals surface area contributed by atoms with E-state index in [0.717, 1.165) is 24.7 Å². The molecule has 0 bridgehead atoms. The van der Waals surface area contributed by atoms with Crippen molar-refractivity contribution in [1.82, 2.24) is 0 Å². The van der Waals surface area contributed by atoms with E-state index in [0.29, 0.717) is 0 Å². The first-order valence-corrected chi connectivity index (χ1v) is 11.4. The van der Waals surface area contributed by atoms with Crippen LogP contribution in [0, 0.1) is 5.92 Å². The molecule has 1 unspecified atom stereocenters. The molecule has 0 heterocycles. The predicted molar refractivity (Wildman–Crippen MR) is 87.2 cm³/mol. The van der Waals surface area contributed by atoms with E-state index >= 15 is 0 Å². The molecular weight excluding hydrogens is 264 g/mol. The molecule has 20 heavy (non-hydrogen) atoms. The van der Waals surface area contributed by atoms with Crippen molar-refractivity contribution >= 4 is 8.56 Å². The van der Waals surface area contributed by atoms with Crippen LogP contribution in [0.5, 0.6) is 0 Å². The number of rotatable bonds is 7. The molecule has 0 aromatic rings. The largest absolute Gasteiger partial charge is 0.394 e. The second-order valence-electron chi connectivity index (χ2n) is 6.93. The van der Waals surface area contributed by atoms with Crippen molar-refractivity contribution in [2.75, 3.05) is 13.2 Å². The van der Waals surface area contributed by atoms with E-state index in [1.807, 2.05) is 0 Å². The second-order valence-corrected chi connectivity index (χ2v) is 10.4. The van der Waals surface area contributed by atoms with E-state index in [4.69, 9.17) is 8.85 Å². The van der Waals surface area contributed by atoms with Crippen molar-refractivity contribution in [3.8, 4) is 0 Å². The molecule has 0 spiro atoms. The molecule has 2 aliphatic carbocycles. The number of hydrogen-bond donors (Lipinski definition) is 0. The second kappa shape index (κ2) is 8.55. The third-order valence-electron chi connectivity index (χ3n) is 5.42. The highest BCUT2D eigenvalue weighted by atomic mass is 28.4. The van der Waals surface area contributed by atoms with Crippen LogP contribution < -0.4 is 0 Å². The van der Waals surface area contributed by atoms with Crippen LogP contribution in [-0.4, -0.2) is 21.8 Å². The molecule has 0 aliphatic heterocycles. The van der Waals surface area contributed by atoms with Crippen LogP contribution in [0.15, 0.2) is 0 Å². The van der Waals surface area contributed by atoms with Crippen molar-refractivity contribution in [1.29, 1.82) is 0 Å². The molecule has 0 aromatic heterocycles. The summed E-state index contributed by atoms with van der Waals surface area (Å²) in [4.78, 5) is 0. The molecule has 118 valence electrons. The molecule has 2 aliphatic rings. The van der Waals surface area contributed by atoms with Gasteiger partial charge >= 0.3 is 8.56 Å². The Kier molecular flexibility index (Phi) is 7.06. The van der Waals surface area contributed by atoms with Gasteiger partial charge in [-0.15, -0.1) is 0 Å². The van der Waals surface area contributed by atoms with Crippen LogP contribution in [0.25, 0.3) is 0 Å². The zero-order valence-electron chi connectivity index (χ0n) is 13.7. The van der Waals surface area contributed by atoms with Crippen LogP contribution in [0.1, 0.15) is 77.6 Å². The molecule has 2 saturated carbocycles. The first-order chi connectivity index (χ1) is 9.74. The van der Waals surface area contributed by atoms with Gasteiger partial charge in [-0.2, -0.15) is 0 Å². The van der Waals surface area contributed by atoms with Gasteiger partial charge in [0.1, 0.15) is 0 Å².